The molecule has 0 fully saturated rings. The fourth-order valence-electron chi connectivity index (χ4n) is 1.14. The summed E-state index contributed by atoms with van der Waals surface area (Å²) in [6.45, 7) is 2.25. The standard InChI is InChI=1S/C10H21N/c1-2-3-4-5-6-7-8-9-10-11/h9-10H,2-8,11H2,1H3. The molecule has 66 valence electrons. The third-order valence-corrected chi connectivity index (χ3v) is 1.86. The van der Waals surface area contributed by atoms with Gasteiger partial charge in [-0.15, -0.1) is 0 Å². The van der Waals surface area contributed by atoms with Gasteiger partial charge in [0.15, 0.2) is 0 Å². The maximum Gasteiger partial charge on any atom is -0.0103 e. The van der Waals surface area contributed by atoms with Gasteiger partial charge in [0.25, 0.3) is 0 Å². The van der Waals surface area contributed by atoms with Crippen LogP contribution in [-0.2, 0) is 0 Å². The average Bonchev–Trinajstić information content (AvgIpc) is 2.03. The van der Waals surface area contributed by atoms with Crippen LogP contribution in [0.3, 0.4) is 0 Å². The Balaban J connectivity index is 2.79. The summed E-state index contributed by atoms with van der Waals surface area (Å²) in [4.78, 5) is 0. The fraction of sp³-hybridized carbons (Fsp3) is 0.800. The third kappa shape index (κ3) is 9.54. The molecule has 1 nitrogen and oxygen atoms in total. The molecule has 0 aliphatic rings. The summed E-state index contributed by atoms with van der Waals surface area (Å²) < 4.78 is 0. The molecular formula is C10H21N. The Morgan fingerprint density at radius 3 is 2.27 bits per heavy atom. The SMILES string of the molecule is CCCCCCCCC=CN. The van der Waals surface area contributed by atoms with E-state index in [2.05, 4.69) is 6.92 Å². The summed E-state index contributed by atoms with van der Waals surface area (Å²) in [5.74, 6) is 0. The quantitative estimate of drug-likeness (QED) is 0.561. The van der Waals surface area contributed by atoms with Gasteiger partial charge >= 0.3 is 0 Å². The Bertz CT molecular complexity index is 86.9. The number of unbranched alkanes of at least 4 members (excludes halogenated alkanes) is 6. The van der Waals surface area contributed by atoms with Crippen molar-refractivity contribution in [3.8, 4) is 0 Å². The first-order chi connectivity index (χ1) is 5.41. The van der Waals surface area contributed by atoms with Crippen LogP contribution in [-0.4, -0.2) is 0 Å². The number of hydrogen-bond donors (Lipinski definition) is 1. The zero-order valence-corrected chi connectivity index (χ0v) is 7.68. The second kappa shape index (κ2) is 9.54. The van der Waals surface area contributed by atoms with Crippen molar-refractivity contribution >= 4 is 0 Å². The Morgan fingerprint density at radius 2 is 1.64 bits per heavy atom. The molecule has 0 saturated carbocycles. The van der Waals surface area contributed by atoms with E-state index < -0.39 is 0 Å². The second-order valence-electron chi connectivity index (χ2n) is 2.98. The lowest BCUT2D eigenvalue weighted by atomic mass is 10.1. The van der Waals surface area contributed by atoms with E-state index in [4.69, 9.17) is 5.73 Å². The molecule has 0 amide bonds. The summed E-state index contributed by atoms with van der Waals surface area (Å²) >= 11 is 0. The molecule has 0 spiro atoms. The Labute approximate surface area is 70.7 Å². The summed E-state index contributed by atoms with van der Waals surface area (Å²) in [5.41, 5.74) is 5.21. The highest BCUT2D eigenvalue weighted by Crippen LogP contribution is 2.06. The molecule has 0 aromatic rings. The molecule has 0 rings (SSSR count). The zero-order valence-electron chi connectivity index (χ0n) is 7.68. The molecule has 0 radical (unpaired) electrons. The van der Waals surface area contributed by atoms with Crippen molar-refractivity contribution in [2.75, 3.05) is 0 Å². The van der Waals surface area contributed by atoms with Crippen molar-refractivity contribution in [2.24, 2.45) is 5.73 Å². The largest absolute Gasteiger partial charge is 0.405 e. The highest BCUT2D eigenvalue weighted by Gasteiger charge is 1.87. The molecular weight excluding hydrogens is 134 g/mol. The molecule has 2 N–H and O–H groups in total. The van der Waals surface area contributed by atoms with E-state index in [1.54, 1.807) is 6.20 Å². The average molecular weight is 155 g/mol. The van der Waals surface area contributed by atoms with Gasteiger partial charge in [0.2, 0.25) is 0 Å². The van der Waals surface area contributed by atoms with Gasteiger partial charge in [-0.1, -0.05) is 45.1 Å². The Hall–Kier alpha value is -0.460. The molecule has 0 aliphatic heterocycles. The van der Waals surface area contributed by atoms with Gasteiger partial charge in [-0.2, -0.15) is 0 Å². The molecule has 1 heteroatoms. The lowest BCUT2D eigenvalue weighted by Gasteiger charge is -1.96. The van der Waals surface area contributed by atoms with Crippen molar-refractivity contribution in [3.63, 3.8) is 0 Å². The van der Waals surface area contributed by atoms with Gasteiger partial charge in [-0.25, -0.2) is 0 Å². The molecule has 0 aromatic carbocycles. The first kappa shape index (κ1) is 10.5. The molecule has 0 heterocycles. The van der Waals surface area contributed by atoms with Crippen LogP contribution in [0.5, 0.6) is 0 Å². The summed E-state index contributed by atoms with van der Waals surface area (Å²) in [6.07, 6.45) is 13.0. The van der Waals surface area contributed by atoms with Crippen LogP contribution >= 0.6 is 0 Å². The first-order valence-electron chi connectivity index (χ1n) is 4.78. The maximum absolute atomic E-state index is 5.21. The van der Waals surface area contributed by atoms with Crippen LogP contribution in [0.1, 0.15) is 51.9 Å². The Morgan fingerprint density at radius 1 is 1.00 bits per heavy atom. The van der Waals surface area contributed by atoms with Crippen molar-refractivity contribution in [3.05, 3.63) is 12.3 Å². The van der Waals surface area contributed by atoms with Crippen LogP contribution in [0.4, 0.5) is 0 Å². The lowest BCUT2D eigenvalue weighted by molar-refractivity contribution is 0.611. The van der Waals surface area contributed by atoms with Crippen molar-refractivity contribution in [1.82, 2.24) is 0 Å². The third-order valence-electron chi connectivity index (χ3n) is 1.86. The first-order valence-corrected chi connectivity index (χ1v) is 4.78. The van der Waals surface area contributed by atoms with Crippen molar-refractivity contribution in [1.29, 1.82) is 0 Å². The van der Waals surface area contributed by atoms with Gasteiger partial charge in [-0.05, 0) is 19.0 Å². The van der Waals surface area contributed by atoms with E-state index in [1.165, 1.54) is 38.5 Å². The van der Waals surface area contributed by atoms with Crippen LogP contribution < -0.4 is 5.73 Å². The maximum atomic E-state index is 5.21. The van der Waals surface area contributed by atoms with E-state index in [9.17, 15) is 0 Å². The number of hydrogen-bond acceptors (Lipinski definition) is 1. The van der Waals surface area contributed by atoms with Crippen LogP contribution in [0.2, 0.25) is 0 Å². The van der Waals surface area contributed by atoms with E-state index in [0.29, 0.717) is 0 Å². The molecule has 0 aromatic heterocycles. The van der Waals surface area contributed by atoms with E-state index in [-0.39, 0.29) is 0 Å². The van der Waals surface area contributed by atoms with Crippen LogP contribution in [0, 0.1) is 0 Å². The minimum Gasteiger partial charge on any atom is -0.405 e. The smallest absolute Gasteiger partial charge is 0.0103 e. The highest BCUT2D eigenvalue weighted by atomic mass is 14.5. The number of allylic oxidation sites excluding steroid dienone is 1. The van der Waals surface area contributed by atoms with E-state index in [0.717, 1.165) is 6.42 Å². The summed E-state index contributed by atoms with van der Waals surface area (Å²) in [7, 11) is 0. The number of rotatable bonds is 7. The molecule has 0 saturated heterocycles. The molecule has 0 unspecified atom stereocenters. The van der Waals surface area contributed by atoms with Gasteiger partial charge in [-0.3, -0.25) is 0 Å². The predicted molar refractivity (Wildman–Crippen MR) is 51.3 cm³/mol. The fourth-order valence-corrected chi connectivity index (χ4v) is 1.14. The van der Waals surface area contributed by atoms with E-state index in [1.807, 2.05) is 6.08 Å². The molecule has 11 heavy (non-hydrogen) atoms. The van der Waals surface area contributed by atoms with Crippen molar-refractivity contribution in [2.45, 2.75) is 51.9 Å². The molecule has 0 aliphatic carbocycles. The molecule has 0 atom stereocenters. The monoisotopic (exact) mass is 155 g/mol. The zero-order chi connectivity index (χ0) is 8.36. The minimum atomic E-state index is 1.16. The Kier molecular flexibility index (Phi) is 9.14. The van der Waals surface area contributed by atoms with Gasteiger partial charge in [0, 0.05) is 0 Å². The topological polar surface area (TPSA) is 26.0 Å². The van der Waals surface area contributed by atoms with Crippen LogP contribution in [0.25, 0.3) is 0 Å². The minimum absolute atomic E-state index is 1.16. The molecule has 0 bridgehead atoms. The predicted octanol–water partition coefficient (Wildman–Crippen LogP) is 3.21. The summed E-state index contributed by atoms with van der Waals surface area (Å²) in [5, 5.41) is 0. The van der Waals surface area contributed by atoms with Gasteiger partial charge < -0.3 is 5.73 Å². The second-order valence-corrected chi connectivity index (χ2v) is 2.98. The van der Waals surface area contributed by atoms with Gasteiger partial charge in [0.1, 0.15) is 0 Å². The van der Waals surface area contributed by atoms with E-state index >= 15 is 0 Å². The van der Waals surface area contributed by atoms with Gasteiger partial charge in [0.05, 0.1) is 0 Å². The normalized spacial score (nSPS) is 11.0. The highest BCUT2D eigenvalue weighted by molar-refractivity contribution is 4.74. The lowest BCUT2D eigenvalue weighted by Crippen LogP contribution is -1.79. The number of nitrogens with two attached hydrogens (primary N) is 1. The van der Waals surface area contributed by atoms with Crippen molar-refractivity contribution < 1.29 is 0 Å². The summed E-state index contributed by atoms with van der Waals surface area (Å²) in [6, 6.07) is 0. The van der Waals surface area contributed by atoms with Crippen LogP contribution in [0.15, 0.2) is 12.3 Å².